The molecule has 368 valence electrons. The van der Waals surface area contributed by atoms with Gasteiger partial charge >= 0.3 is 0 Å². The number of nitrogens with one attached hydrogen (secondary N) is 3. The first-order valence-electron chi connectivity index (χ1n) is 23.6. The van der Waals surface area contributed by atoms with E-state index in [0.29, 0.717) is 93.2 Å². The zero-order chi connectivity index (χ0) is 48.4. The van der Waals surface area contributed by atoms with Gasteiger partial charge in [0.2, 0.25) is 17.7 Å². The number of hydrogen-bond donors (Lipinski definition) is 4. The molecule has 22 heteroatoms. The summed E-state index contributed by atoms with van der Waals surface area (Å²) in [5.41, 5.74) is 10.7. The fraction of sp³-hybridized carbons (Fsp3) is 0.438. The first-order chi connectivity index (χ1) is 34.2. The zero-order valence-corrected chi connectivity index (χ0v) is 38.8. The van der Waals surface area contributed by atoms with E-state index in [1.807, 2.05) is 21.7 Å². The minimum Gasteiger partial charge on any atom is -0.382 e. The topological polar surface area (TPSA) is 253 Å². The number of likely N-dealkylation sites (tertiary alicyclic amines) is 1. The molecule has 22 nitrogen and oxygen atoms in total. The van der Waals surface area contributed by atoms with E-state index in [9.17, 15) is 24.0 Å². The van der Waals surface area contributed by atoms with Crippen molar-refractivity contribution < 1.29 is 42.9 Å². The number of amides is 5. The lowest BCUT2D eigenvalue weighted by Crippen LogP contribution is -2.54. The van der Waals surface area contributed by atoms with Gasteiger partial charge < -0.3 is 49.5 Å². The fourth-order valence-corrected chi connectivity index (χ4v) is 9.19. The van der Waals surface area contributed by atoms with E-state index in [2.05, 4.69) is 65.0 Å². The number of nitrogens with two attached hydrogens (primary N) is 1. The predicted molar refractivity (Wildman–Crippen MR) is 256 cm³/mol. The fourth-order valence-electron chi connectivity index (χ4n) is 9.19. The van der Waals surface area contributed by atoms with E-state index in [1.165, 1.54) is 6.20 Å². The third kappa shape index (κ3) is 11.3. The van der Waals surface area contributed by atoms with Gasteiger partial charge in [-0.3, -0.25) is 44.1 Å². The van der Waals surface area contributed by atoms with Crippen LogP contribution >= 0.6 is 0 Å². The first-order valence-corrected chi connectivity index (χ1v) is 23.6. The van der Waals surface area contributed by atoms with E-state index < -0.39 is 29.7 Å². The first kappa shape index (κ1) is 47.9. The minimum absolute atomic E-state index is 0.000747. The summed E-state index contributed by atoms with van der Waals surface area (Å²) in [5, 5.41) is 8.77. The summed E-state index contributed by atoms with van der Waals surface area (Å²) in [7, 11) is 0. The summed E-state index contributed by atoms with van der Waals surface area (Å²) in [6.45, 7) is 8.04. The van der Waals surface area contributed by atoms with E-state index in [4.69, 9.17) is 29.7 Å². The van der Waals surface area contributed by atoms with Crippen LogP contribution in [0.5, 0.6) is 0 Å². The number of piperidine rings is 2. The molecule has 5 aromatic rings. The molecule has 0 bridgehead atoms. The average Bonchev–Trinajstić information content (AvgIpc) is 3.96. The van der Waals surface area contributed by atoms with E-state index >= 15 is 0 Å². The van der Waals surface area contributed by atoms with Gasteiger partial charge in [-0.1, -0.05) is 6.07 Å². The number of fused-ring (bicyclic) bond motifs is 2. The Bertz CT molecular complexity index is 2670. The quantitative estimate of drug-likeness (QED) is 0.0608. The van der Waals surface area contributed by atoms with Crippen LogP contribution in [0.1, 0.15) is 46.4 Å². The molecule has 1 atom stereocenters. The summed E-state index contributed by atoms with van der Waals surface area (Å²) in [5.74, 6) is -1.27. The highest BCUT2D eigenvalue weighted by Gasteiger charge is 2.45. The van der Waals surface area contributed by atoms with Crippen LogP contribution in [-0.2, 0) is 33.3 Å². The molecule has 4 aliphatic rings. The second kappa shape index (κ2) is 22.5. The standard InChI is InChI=1S/C48H57N13O9/c49-40-29-50-28-37(54-40)38-30-60-16-12-52-45(60)44(55-38)53-32-4-6-33(7-5-32)57-17-19-58(20-18-57)34-10-14-59(15-11-34)42(63)31-70-27-26-69-25-24-68-23-22-67-21-13-51-36-3-1-2-35-43(36)48(66)61(47(35)65)39-8-9-41(62)56-46(39)64/h1-7,12,16,28-30,34,39,51H,8-11,13-15,17-27,31H2,(H2,49,54)(H,53,55)(H,56,62,64). The molecule has 0 aliphatic carbocycles. The Labute approximate surface area is 403 Å². The summed E-state index contributed by atoms with van der Waals surface area (Å²) in [6.07, 6.45) is 10.6. The Morgan fingerprint density at radius 3 is 2.24 bits per heavy atom. The molecule has 70 heavy (non-hydrogen) atoms. The summed E-state index contributed by atoms with van der Waals surface area (Å²) < 4.78 is 24.3. The maximum Gasteiger partial charge on any atom is 0.264 e. The van der Waals surface area contributed by atoms with Crippen molar-refractivity contribution in [1.82, 2.24) is 44.4 Å². The van der Waals surface area contributed by atoms with Crippen LogP contribution in [0.25, 0.3) is 17.0 Å². The van der Waals surface area contributed by atoms with Crippen LogP contribution in [0.15, 0.2) is 73.4 Å². The third-order valence-corrected chi connectivity index (χ3v) is 12.8. The molecular weight excluding hydrogens is 903 g/mol. The SMILES string of the molecule is Nc1cncc(-c2cn3ccnc3c(Nc3ccc(N4CCN(C5CCN(C(=O)COCCOCCOCCOCCNc6cccc7c6C(=O)N(C6CCC(=O)NC6=O)C7=O)CC5)CC4)cc3)n2)n1. The van der Waals surface area contributed by atoms with Crippen molar-refractivity contribution in [2.75, 3.05) is 120 Å². The van der Waals surface area contributed by atoms with Crippen LogP contribution in [0, 0.1) is 0 Å². The molecule has 3 aromatic heterocycles. The van der Waals surface area contributed by atoms with Crippen LogP contribution in [0.4, 0.5) is 28.7 Å². The molecule has 3 fully saturated rings. The number of carbonyl (C=O) groups is 5. The molecule has 2 aromatic carbocycles. The lowest BCUT2D eigenvalue weighted by molar-refractivity contribution is -0.138. The Morgan fingerprint density at radius 2 is 1.51 bits per heavy atom. The van der Waals surface area contributed by atoms with Crippen LogP contribution < -0.4 is 26.6 Å². The van der Waals surface area contributed by atoms with Crippen molar-refractivity contribution >= 4 is 63.9 Å². The molecule has 0 radical (unpaired) electrons. The molecular formula is C48H57N13O9. The van der Waals surface area contributed by atoms with Crippen LogP contribution in [-0.4, -0.2) is 179 Å². The van der Waals surface area contributed by atoms with Crippen LogP contribution in [0.3, 0.4) is 0 Å². The molecule has 7 heterocycles. The highest BCUT2D eigenvalue weighted by molar-refractivity contribution is 6.25. The van der Waals surface area contributed by atoms with Gasteiger partial charge in [-0.2, -0.15) is 0 Å². The largest absolute Gasteiger partial charge is 0.382 e. The van der Waals surface area contributed by atoms with Gasteiger partial charge in [0.15, 0.2) is 11.5 Å². The predicted octanol–water partition coefficient (Wildman–Crippen LogP) is 2.20. The number of nitrogens with zero attached hydrogens (tertiary/aromatic N) is 9. The monoisotopic (exact) mass is 959 g/mol. The number of imidazole rings is 1. The average molecular weight is 960 g/mol. The maximum absolute atomic E-state index is 13.2. The molecule has 4 aliphatic heterocycles. The smallest absolute Gasteiger partial charge is 0.264 e. The third-order valence-electron chi connectivity index (χ3n) is 12.8. The molecule has 0 spiro atoms. The Balaban J connectivity index is 0.590. The van der Waals surface area contributed by atoms with Gasteiger partial charge in [0.05, 0.1) is 69.8 Å². The maximum atomic E-state index is 13.2. The highest BCUT2D eigenvalue weighted by Crippen LogP contribution is 2.33. The van der Waals surface area contributed by atoms with Gasteiger partial charge in [-0.15, -0.1) is 0 Å². The molecule has 9 rings (SSSR count). The lowest BCUT2D eigenvalue weighted by Gasteiger charge is -2.43. The van der Waals surface area contributed by atoms with E-state index in [-0.39, 0.29) is 36.5 Å². The van der Waals surface area contributed by atoms with Gasteiger partial charge in [-0.05, 0) is 55.7 Å². The highest BCUT2D eigenvalue weighted by atomic mass is 16.6. The van der Waals surface area contributed by atoms with Crippen molar-refractivity contribution in [1.29, 1.82) is 0 Å². The normalized spacial score (nSPS) is 17.9. The number of nitrogen functional groups attached to an aromatic ring is 1. The number of imide groups is 2. The second-order valence-electron chi connectivity index (χ2n) is 17.3. The summed E-state index contributed by atoms with van der Waals surface area (Å²) in [4.78, 5) is 88.8. The molecule has 1 unspecified atom stereocenters. The number of aromatic nitrogens is 5. The van der Waals surface area contributed by atoms with Crippen molar-refractivity contribution in [2.24, 2.45) is 0 Å². The van der Waals surface area contributed by atoms with Gasteiger partial charge in [-0.25, -0.2) is 15.0 Å². The van der Waals surface area contributed by atoms with Gasteiger partial charge in [0, 0.05) is 93.9 Å². The lowest BCUT2D eigenvalue weighted by atomic mass is 10.0. The molecule has 5 N–H and O–H groups in total. The number of ether oxygens (including phenoxy) is 4. The number of carbonyl (C=O) groups excluding carboxylic acids is 5. The summed E-state index contributed by atoms with van der Waals surface area (Å²) >= 11 is 0. The number of benzene rings is 2. The molecule has 5 amide bonds. The van der Waals surface area contributed by atoms with Crippen molar-refractivity contribution in [3.05, 3.63) is 84.6 Å². The minimum atomic E-state index is -1.02. The number of rotatable bonds is 21. The van der Waals surface area contributed by atoms with Gasteiger partial charge in [0.25, 0.3) is 11.8 Å². The molecule has 3 saturated heterocycles. The van der Waals surface area contributed by atoms with E-state index in [0.717, 1.165) is 68.4 Å². The van der Waals surface area contributed by atoms with Crippen molar-refractivity contribution in [3.8, 4) is 11.4 Å². The number of hydrogen-bond acceptors (Lipinski definition) is 18. The Hall–Kier alpha value is -7.11. The van der Waals surface area contributed by atoms with Crippen LogP contribution in [0.2, 0.25) is 0 Å². The Kier molecular flexibility index (Phi) is 15.4. The van der Waals surface area contributed by atoms with Gasteiger partial charge in [0.1, 0.15) is 29.9 Å². The number of piperazine rings is 1. The second-order valence-corrected chi connectivity index (χ2v) is 17.3. The molecule has 0 saturated carbocycles. The summed E-state index contributed by atoms with van der Waals surface area (Å²) in [6, 6.07) is 12.7. The number of anilines is 5. The Morgan fingerprint density at radius 1 is 0.786 bits per heavy atom. The zero-order valence-electron chi connectivity index (χ0n) is 38.8. The van der Waals surface area contributed by atoms with E-state index in [1.54, 1.807) is 30.6 Å². The van der Waals surface area contributed by atoms with Crippen molar-refractivity contribution in [3.63, 3.8) is 0 Å². The van der Waals surface area contributed by atoms with Crippen molar-refractivity contribution in [2.45, 2.75) is 37.8 Å².